The third-order valence-corrected chi connectivity index (χ3v) is 6.50. The second-order valence-electron chi connectivity index (χ2n) is 9.25. The van der Waals surface area contributed by atoms with Gasteiger partial charge in [-0.25, -0.2) is 0 Å². The third kappa shape index (κ3) is 12.4. The van der Waals surface area contributed by atoms with E-state index in [9.17, 15) is 15.3 Å². The molecule has 2 aromatic rings. The number of rotatable bonds is 20. The molecule has 0 radical (unpaired) electrons. The van der Waals surface area contributed by atoms with Gasteiger partial charge in [0.05, 0.1) is 6.61 Å². The Labute approximate surface area is 206 Å². The fourth-order valence-corrected chi connectivity index (χ4v) is 4.37. The van der Waals surface area contributed by atoms with Gasteiger partial charge in [0.15, 0.2) is 0 Å². The number of para-hydroxylation sites is 2. The zero-order valence-corrected chi connectivity index (χ0v) is 20.9. The summed E-state index contributed by atoms with van der Waals surface area (Å²) >= 11 is 0. The third-order valence-electron chi connectivity index (χ3n) is 6.50. The average molecular weight is 471 g/mol. The van der Waals surface area contributed by atoms with Crippen LogP contribution < -0.4 is 5.32 Å². The molecule has 34 heavy (non-hydrogen) atoms. The van der Waals surface area contributed by atoms with E-state index in [-0.39, 0.29) is 6.61 Å². The fraction of sp³-hybridized carbons (Fsp3) is 0.586. The number of aliphatic hydroxyl groups excluding tert-OH is 1. The highest BCUT2D eigenvalue weighted by Crippen LogP contribution is 2.17. The van der Waals surface area contributed by atoms with Crippen molar-refractivity contribution in [2.75, 3.05) is 39.3 Å². The highest BCUT2D eigenvalue weighted by molar-refractivity contribution is 5.32. The predicted molar refractivity (Wildman–Crippen MR) is 142 cm³/mol. The molecule has 0 aromatic heterocycles. The zero-order chi connectivity index (χ0) is 24.3. The van der Waals surface area contributed by atoms with E-state index < -0.39 is 0 Å². The Bertz CT molecular complexity index is 769. The summed E-state index contributed by atoms with van der Waals surface area (Å²) in [6, 6.07) is 15.1. The maximum Gasteiger partial charge on any atom is 0.118 e. The number of hydrogen-bond donors (Lipinski definition) is 4. The molecule has 0 unspecified atom stereocenters. The topological polar surface area (TPSA) is 76.0 Å². The van der Waals surface area contributed by atoms with Crippen LogP contribution in [-0.4, -0.2) is 59.6 Å². The molecule has 0 aliphatic heterocycles. The van der Waals surface area contributed by atoms with Crippen LogP contribution in [0.4, 0.5) is 0 Å². The molecule has 5 heteroatoms. The van der Waals surface area contributed by atoms with Gasteiger partial charge in [0.2, 0.25) is 0 Å². The molecule has 0 bridgehead atoms. The number of hydrogen-bond acceptors (Lipinski definition) is 5. The summed E-state index contributed by atoms with van der Waals surface area (Å²) in [6.07, 6.45) is 13.2. The Morgan fingerprint density at radius 1 is 0.559 bits per heavy atom. The van der Waals surface area contributed by atoms with Crippen LogP contribution in [-0.2, 0) is 12.8 Å². The molecule has 0 aliphatic rings. The molecule has 0 amide bonds. The summed E-state index contributed by atoms with van der Waals surface area (Å²) in [7, 11) is 0. The van der Waals surface area contributed by atoms with E-state index in [1.165, 1.54) is 57.8 Å². The van der Waals surface area contributed by atoms with Crippen molar-refractivity contribution in [3.63, 3.8) is 0 Å². The number of phenols is 2. The molecule has 5 nitrogen and oxygen atoms in total. The van der Waals surface area contributed by atoms with E-state index in [2.05, 4.69) is 10.2 Å². The number of unbranched alkanes of at least 4 members (excludes halogenated alkanes) is 8. The molecular formula is C29H46N2O3. The van der Waals surface area contributed by atoms with E-state index in [1.54, 1.807) is 12.1 Å². The first-order chi connectivity index (χ1) is 16.7. The molecule has 0 spiro atoms. The first-order valence-electron chi connectivity index (χ1n) is 13.3. The summed E-state index contributed by atoms with van der Waals surface area (Å²) in [5.74, 6) is 0.767. The lowest BCUT2D eigenvalue weighted by atomic mass is 10.1. The quantitative estimate of drug-likeness (QED) is 0.198. The fourth-order valence-electron chi connectivity index (χ4n) is 4.37. The Hall–Kier alpha value is -2.08. The second-order valence-corrected chi connectivity index (χ2v) is 9.25. The smallest absolute Gasteiger partial charge is 0.118 e. The van der Waals surface area contributed by atoms with Gasteiger partial charge < -0.3 is 25.5 Å². The van der Waals surface area contributed by atoms with Gasteiger partial charge in [0.1, 0.15) is 11.5 Å². The SMILES string of the molecule is OCCN(CCCCCCCCCCCNCCc1ccccc1O)CCc1ccccc1O. The minimum atomic E-state index is 0.187. The predicted octanol–water partition coefficient (Wildman–Crippen LogP) is 5.28. The molecule has 0 atom stereocenters. The van der Waals surface area contributed by atoms with Gasteiger partial charge in [-0.3, -0.25) is 0 Å². The minimum Gasteiger partial charge on any atom is -0.508 e. The molecule has 0 saturated heterocycles. The Kier molecular flexibility index (Phi) is 15.1. The molecule has 0 fully saturated rings. The highest BCUT2D eigenvalue weighted by Gasteiger charge is 2.07. The normalized spacial score (nSPS) is 11.4. The molecule has 4 N–H and O–H groups in total. The highest BCUT2D eigenvalue weighted by atomic mass is 16.3. The second kappa shape index (κ2) is 18.3. The number of phenolic OH excluding ortho intramolecular Hbond substituents is 2. The lowest BCUT2D eigenvalue weighted by molar-refractivity contribution is 0.194. The van der Waals surface area contributed by atoms with Crippen LogP contribution in [0.15, 0.2) is 48.5 Å². The van der Waals surface area contributed by atoms with Gasteiger partial charge in [0, 0.05) is 13.1 Å². The van der Waals surface area contributed by atoms with Crippen molar-refractivity contribution >= 4 is 0 Å². The molecule has 0 aliphatic carbocycles. The monoisotopic (exact) mass is 470 g/mol. The molecular weight excluding hydrogens is 424 g/mol. The van der Waals surface area contributed by atoms with Crippen LogP contribution in [0, 0.1) is 0 Å². The largest absolute Gasteiger partial charge is 0.508 e. The van der Waals surface area contributed by atoms with E-state index in [0.717, 1.165) is 50.1 Å². The van der Waals surface area contributed by atoms with Crippen molar-refractivity contribution < 1.29 is 15.3 Å². The van der Waals surface area contributed by atoms with Crippen LogP contribution in [0.5, 0.6) is 11.5 Å². The number of nitrogens with one attached hydrogen (secondary N) is 1. The van der Waals surface area contributed by atoms with Crippen molar-refractivity contribution in [3.8, 4) is 11.5 Å². The van der Waals surface area contributed by atoms with Crippen LogP contribution in [0.25, 0.3) is 0 Å². The molecule has 190 valence electrons. The standard InChI is InChI=1S/C29H46N2O3/c32-25-24-31(23-19-27-15-9-11-17-29(27)34)22-13-7-5-3-1-2-4-6-12-20-30-21-18-26-14-8-10-16-28(26)33/h8-11,14-17,30,32-34H,1-7,12-13,18-25H2. The van der Waals surface area contributed by atoms with E-state index >= 15 is 0 Å². The van der Waals surface area contributed by atoms with Crippen LogP contribution in [0.1, 0.15) is 68.9 Å². The van der Waals surface area contributed by atoms with E-state index in [1.807, 2.05) is 36.4 Å². The Morgan fingerprint density at radius 2 is 1.09 bits per heavy atom. The van der Waals surface area contributed by atoms with Gasteiger partial charge in [-0.15, -0.1) is 0 Å². The van der Waals surface area contributed by atoms with Crippen molar-refractivity contribution in [1.29, 1.82) is 0 Å². The summed E-state index contributed by atoms with van der Waals surface area (Å²) in [5.41, 5.74) is 2.00. The summed E-state index contributed by atoms with van der Waals surface area (Å²) < 4.78 is 0. The number of aromatic hydroxyl groups is 2. The zero-order valence-electron chi connectivity index (χ0n) is 20.9. The molecule has 2 rings (SSSR count). The van der Waals surface area contributed by atoms with Crippen LogP contribution >= 0.6 is 0 Å². The summed E-state index contributed by atoms with van der Waals surface area (Å²) in [4.78, 5) is 2.31. The number of benzene rings is 2. The van der Waals surface area contributed by atoms with Crippen molar-refractivity contribution in [2.24, 2.45) is 0 Å². The first kappa shape index (κ1) is 28.2. The van der Waals surface area contributed by atoms with E-state index in [0.29, 0.717) is 18.0 Å². The van der Waals surface area contributed by atoms with Crippen molar-refractivity contribution in [2.45, 2.75) is 70.6 Å². The Morgan fingerprint density at radius 3 is 1.68 bits per heavy atom. The maximum absolute atomic E-state index is 9.92. The number of aliphatic hydroxyl groups is 1. The van der Waals surface area contributed by atoms with Gasteiger partial charge in [0.25, 0.3) is 0 Å². The first-order valence-corrected chi connectivity index (χ1v) is 13.3. The van der Waals surface area contributed by atoms with Gasteiger partial charge in [-0.2, -0.15) is 0 Å². The van der Waals surface area contributed by atoms with Crippen molar-refractivity contribution in [3.05, 3.63) is 59.7 Å². The van der Waals surface area contributed by atoms with Crippen molar-refractivity contribution in [1.82, 2.24) is 10.2 Å². The molecule has 2 aromatic carbocycles. The van der Waals surface area contributed by atoms with Gasteiger partial charge >= 0.3 is 0 Å². The van der Waals surface area contributed by atoms with Crippen LogP contribution in [0.3, 0.4) is 0 Å². The molecule has 0 saturated carbocycles. The van der Waals surface area contributed by atoms with Crippen LogP contribution in [0.2, 0.25) is 0 Å². The lowest BCUT2D eigenvalue weighted by Gasteiger charge is -2.21. The minimum absolute atomic E-state index is 0.187. The molecule has 0 heterocycles. The maximum atomic E-state index is 9.92. The van der Waals surface area contributed by atoms with Gasteiger partial charge in [-0.1, -0.05) is 81.3 Å². The summed E-state index contributed by atoms with van der Waals surface area (Å²) in [6.45, 7) is 4.76. The number of nitrogens with zero attached hydrogens (tertiary/aromatic N) is 1. The average Bonchev–Trinajstić information content (AvgIpc) is 2.84. The summed E-state index contributed by atoms with van der Waals surface area (Å²) in [5, 5.41) is 32.5. The van der Waals surface area contributed by atoms with Gasteiger partial charge in [-0.05, 0) is 68.6 Å². The Balaban J connectivity index is 1.38. The van der Waals surface area contributed by atoms with E-state index in [4.69, 9.17) is 0 Å². The lowest BCUT2D eigenvalue weighted by Crippen LogP contribution is -2.30.